The smallest absolute Gasteiger partial charge is 0.172 e. The molecule has 1 fully saturated rings. The lowest BCUT2D eigenvalue weighted by Crippen LogP contribution is -2.56. The second-order valence-electron chi connectivity index (χ2n) is 4.40. The highest BCUT2D eigenvalue weighted by Crippen LogP contribution is 2.33. The normalized spacial score (nSPS) is 24.1. The quantitative estimate of drug-likeness (QED) is 0.775. The fourth-order valence-electron chi connectivity index (χ4n) is 2.41. The van der Waals surface area contributed by atoms with Crippen molar-refractivity contribution in [2.75, 3.05) is 32.9 Å². The topological polar surface area (TPSA) is 21.7 Å². The average Bonchev–Trinajstić information content (AvgIpc) is 2.42. The second kappa shape index (κ2) is 6.16. The number of benzene rings is 1. The van der Waals surface area contributed by atoms with Gasteiger partial charge in [-0.15, -0.1) is 6.42 Å². The molecule has 0 bridgehead atoms. The fraction of sp³-hybridized carbons (Fsp3) is 0.467. The lowest BCUT2D eigenvalue weighted by molar-refractivity contribution is -0.222. The van der Waals surface area contributed by atoms with Crippen LogP contribution in [0.2, 0.25) is 0 Å². The van der Waals surface area contributed by atoms with E-state index in [2.05, 4.69) is 10.8 Å². The highest BCUT2D eigenvalue weighted by Gasteiger charge is 2.42. The van der Waals surface area contributed by atoms with Crippen molar-refractivity contribution >= 4 is 0 Å². The number of terminal acetylenes is 1. The molecule has 0 spiro atoms. The third-order valence-electron chi connectivity index (χ3n) is 3.27. The third-order valence-corrected chi connectivity index (χ3v) is 3.27. The Morgan fingerprint density at radius 1 is 1.47 bits per heavy atom. The van der Waals surface area contributed by atoms with Gasteiger partial charge >= 0.3 is 0 Å². The number of halogens is 1. The molecular formula is C15H18FNO2. The molecule has 102 valence electrons. The summed E-state index contributed by atoms with van der Waals surface area (Å²) in [5.74, 6) is 2.38. The van der Waals surface area contributed by atoms with Gasteiger partial charge in [0.1, 0.15) is 5.82 Å². The van der Waals surface area contributed by atoms with Crippen LogP contribution in [0.1, 0.15) is 12.5 Å². The third kappa shape index (κ3) is 2.79. The van der Waals surface area contributed by atoms with Gasteiger partial charge in [0.2, 0.25) is 0 Å². The van der Waals surface area contributed by atoms with Gasteiger partial charge < -0.3 is 9.47 Å². The van der Waals surface area contributed by atoms with E-state index in [1.165, 1.54) is 12.1 Å². The summed E-state index contributed by atoms with van der Waals surface area (Å²) >= 11 is 0. The van der Waals surface area contributed by atoms with Crippen LogP contribution >= 0.6 is 0 Å². The van der Waals surface area contributed by atoms with Crippen LogP contribution in [0.15, 0.2) is 24.3 Å². The maximum absolute atomic E-state index is 13.1. The minimum absolute atomic E-state index is 0.268. The molecule has 0 aliphatic carbocycles. The molecule has 0 saturated carbocycles. The van der Waals surface area contributed by atoms with Crippen molar-refractivity contribution in [3.63, 3.8) is 0 Å². The Labute approximate surface area is 113 Å². The molecule has 0 unspecified atom stereocenters. The van der Waals surface area contributed by atoms with E-state index < -0.39 is 5.72 Å². The van der Waals surface area contributed by atoms with Crippen LogP contribution in [0, 0.1) is 18.2 Å². The molecule has 1 aliphatic heterocycles. The number of nitrogens with zero attached hydrogens (tertiary/aromatic N) is 1. The molecule has 1 aromatic rings. The molecule has 3 nitrogen and oxygen atoms in total. The summed E-state index contributed by atoms with van der Waals surface area (Å²) in [6.45, 7) is 4.64. The Kier molecular flexibility index (Phi) is 4.54. The SMILES string of the molecule is C#CCN1CCOC[C@@]1(OCC)c1ccc(F)cc1. The molecule has 0 N–H and O–H groups in total. The highest BCUT2D eigenvalue weighted by atomic mass is 19.1. The van der Waals surface area contributed by atoms with Crippen LogP contribution < -0.4 is 0 Å². The van der Waals surface area contributed by atoms with Crippen molar-refractivity contribution in [3.05, 3.63) is 35.6 Å². The lowest BCUT2D eigenvalue weighted by Gasteiger charge is -2.45. The van der Waals surface area contributed by atoms with E-state index in [1.54, 1.807) is 12.1 Å². The molecule has 2 rings (SSSR count). The maximum Gasteiger partial charge on any atom is 0.172 e. The van der Waals surface area contributed by atoms with Crippen LogP contribution in [0.4, 0.5) is 4.39 Å². The van der Waals surface area contributed by atoms with E-state index in [4.69, 9.17) is 15.9 Å². The largest absolute Gasteiger partial charge is 0.375 e. The molecule has 0 amide bonds. The first-order valence-electron chi connectivity index (χ1n) is 6.39. The van der Waals surface area contributed by atoms with Gasteiger partial charge in [-0.1, -0.05) is 18.1 Å². The fourth-order valence-corrected chi connectivity index (χ4v) is 2.41. The monoisotopic (exact) mass is 263 g/mol. The molecule has 0 aromatic heterocycles. The minimum atomic E-state index is -0.715. The molecule has 0 radical (unpaired) electrons. The lowest BCUT2D eigenvalue weighted by atomic mass is 10.00. The number of hydrogen-bond acceptors (Lipinski definition) is 3. The van der Waals surface area contributed by atoms with Gasteiger partial charge in [-0.3, -0.25) is 4.90 Å². The Morgan fingerprint density at radius 3 is 2.84 bits per heavy atom. The molecule has 1 aliphatic rings. The van der Waals surface area contributed by atoms with Gasteiger partial charge in [0, 0.05) is 18.7 Å². The van der Waals surface area contributed by atoms with Gasteiger partial charge in [-0.25, -0.2) is 4.39 Å². The molecule has 1 heterocycles. The summed E-state index contributed by atoms with van der Waals surface area (Å²) in [7, 11) is 0. The van der Waals surface area contributed by atoms with E-state index in [1.807, 2.05) is 6.92 Å². The van der Waals surface area contributed by atoms with Gasteiger partial charge in [-0.2, -0.15) is 0 Å². The molecule has 1 atom stereocenters. The summed E-state index contributed by atoms with van der Waals surface area (Å²) in [5.41, 5.74) is 0.151. The zero-order valence-electron chi connectivity index (χ0n) is 11.1. The molecular weight excluding hydrogens is 245 g/mol. The standard InChI is InChI=1S/C15H18FNO2/c1-3-9-17-10-11-18-12-15(17,19-4-2)13-5-7-14(16)8-6-13/h1,5-8H,4,9-12H2,2H3/t15-/m1/s1. The highest BCUT2D eigenvalue weighted by molar-refractivity contribution is 5.24. The first kappa shape index (κ1) is 14.0. The van der Waals surface area contributed by atoms with Crippen LogP contribution in [0.5, 0.6) is 0 Å². The summed E-state index contributed by atoms with van der Waals surface area (Å²) < 4.78 is 24.6. The van der Waals surface area contributed by atoms with Crippen molar-refractivity contribution in [1.29, 1.82) is 0 Å². The zero-order chi connectivity index (χ0) is 13.7. The van der Waals surface area contributed by atoms with E-state index in [-0.39, 0.29) is 5.82 Å². The number of morpholine rings is 1. The van der Waals surface area contributed by atoms with Crippen LogP contribution in [-0.4, -0.2) is 37.8 Å². The first-order chi connectivity index (χ1) is 9.23. The van der Waals surface area contributed by atoms with E-state index in [0.717, 1.165) is 5.56 Å². The van der Waals surface area contributed by atoms with Crippen molar-refractivity contribution in [2.45, 2.75) is 12.6 Å². The number of ether oxygens (including phenoxy) is 2. The van der Waals surface area contributed by atoms with E-state index >= 15 is 0 Å². The maximum atomic E-state index is 13.1. The van der Waals surface area contributed by atoms with Crippen molar-refractivity contribution < 1.29 is 13.9 Å². The summed E-state index contributed by atoms with van der Waals surface area (Å²) in [5, 5.41) is 0. The molecule has 4 heteroatoms. The van der Waals surface area contributed by atoms with Crippen LogP contribution in [0.25, 0.3) is 0 Å². The Balaban J connectivity index is 2.39. The van der Waals surface area contributed by atoms with Crippen molar-refractivity contribution in [3.8, 4) is 12.3 Å². The predicted octanol–water partition coefficient (Wildman–Crippen LogP) is 1.98. The number of rotatable bonds is 4. The minimum Gasteiger partial charge on any atom is -0.375 e. The van der Waals surface area contributed by atoms with Gasteiger partial charge in [0.05, 0.1) is 19.8 Å². The average molecular weight is 263 g/mol. The summed E-state index contributed by atoms with van der Waals surface area (Å²) in [6, 6.07) is 6.31. The van der Waals surface area contributed by atoms with E-state index in [9.17, 15) is 4.39 Å². The van der Waals surface area contributed by atoms with Gasteiger partial charge in [0.25, 0.3) is 0 Å². The predicted molar refractivity (Wildman–Crippen MR) is 70.9 cm³/mol. The van der Waals surface area contributed by atoms with E-state index in [0.29, 0.717) is 32.9 Å². The van der Waals surface area contributed by atoms with Gasteiger partial charge in [-0.05, 0) is 19.1 Å². The Bertz CT molecular complexity index is 450. The van der Waals surface area contributed by atoms with Crippen molar-refractivity contribution in [1.82, 2.24) is 4.90 Å². The second-order valence-corrected chi connectivity index (χ2v) is 4.40. The zero-order valence-corrected chi connectivity index (χ0v) is 11.1. The van der Waals surface area contributed by atoms with Crippen molar-refractivity contribution in [2.24, 2.45) is 0 Å². The summed E-state index contributed by atoms with van der Waals surface area (Å²) in [4.78, 5) is 2.06. The van der Waals surface area contributed by atoms with Gasteiger partial charge in [0.15, 0.2) is 5.72 Å². The summed E-state index contributed by atoms with van der Waals surface area (Å²) in [6.07, 6.45) is 5.43. The molecule has 1 aromatic carbocycles. The molecule has 19 heavy (non-hydrogen) atoms. The Hall–Kier alpha value is -1.41. The Morgan fingerprint density at radius 2 is 2.21 bits per heavy atom. The first-order valence-corrected chi connectivity index (χ1v) is 6.39. The molecule has 1 saturated heterocycles. The van der Waals surface area contributed by atoms with Crippen LogP contribution in [-0.2, 0) is 15.2 Å². The van der Waals surface area contributed by atoms with Crippen LogP contribution in [0.3, 0.4) is 0 Å². The number of hydrogen-bond donors (Lipinski definition) is 0.